The summed E-state index contributed by atoms with van der Waals surface area (Å²) in [5, 5.41) is 0. The minimum Gasteiger partial charge on any atom is -0.493 e. The zero-order valence-corrected chi connectivity index (χ0v) is 8.95. The van der Waals surface area contributed by atoms with E-state index in [1.54, 1.807) is 7.11 Å². The van der Waals surface area contributed by atoms with Crippen LogP contribution in [0.3, 0.4) is 0 Å². The molecule has 0 unspecified atom stereocenters. The van der Waals surface area contributed by atoms with Gasteiger partial charge in [-0.25, -0.2) is 0 Å². The summed E-state index contributed by atoms with van der Waals surface area (Å²) < 4.78 is 10.5. The highest BCUT2D eigenvalue weighted by atomic mass is 16.5. The van der Waals surface area contributed by atoms with Gasteiger partial charge in [0.25, 0.3) is 0 Å². The smallest absolute Gasteiger partial charge is 0.220 e. The van der Waals surface area contributed by atoms with Gasteiger partial charge in [-0.1, -0.05) is 6.07 Å². The molecule has 1 rings (SSSR count). The summed E-state index contributed by atoms with van der Waals surface area (Å²) >= 11 is 0. The van der Waals surface area contributed by atoms with E-state index in [4.69, 9.17) is 15.2 Å². The van der Waals surface area contributed by atoms with Gasteiger partial charge in [-0.2, -0.15) is 0 Å². The maximum Gasteiger partial charge on any atom is 0.220 e. The van der Waals surface area contributed by atoms with Crippen molar-refractivity contribution in [2.24, 2.45) is 5.73 Å². The van der Waals surface area contributed by atoms with Crippen molar-refractivity contribution in [1.29, 1.82) is 0 Å². The van der Waals surface area contributed by atoms with Crippen LogP contribution in [0.5, 0.6) is 11.5 Å². The number of hydrogen-bond donors (Lipinski definition) is 1. The van der Waals surface area contributed by atoms with E-state index >= 15 is 0 Å². The monoisotopic (exact) mass is 209 g/mol. The summed E-state index contributed by atoms with van der Waals surface area (Å²) in [6.45, 7) is 2.24. The molecular weight excluding hydrogens is 194 g/mol. The van der Waals surface area contributed by atoms with E-state index in [2.05, 4.69) is 0 Å². The second-order valence-corrected chi connectivity index (χ2v) is 3.22. The Labute approximate surface area is 89.0 Å². The molecule has 0 aliphatic heterocycles. The van der Waals surface area contributed by atoms with Crippen molar-refractivity contribution in [3.8, 4) is 11.5 Å². The first-order valence-corrected chi connectivity index (χ1v) is 4.69. The molecule has 2 N–H and O–H groups in total. The van der Waals surface area contributed by atoms with Crippen LogP contribution >= 0.6 is 0 Å². The number of amides is 1. The van der Waals surface area contributed by atoms with Crippen molar-refractivity contribution < 1.29 is 14.3 Å². The molecule has 0 aliphatic rings. The predicted molar refractivity (Wildman–Crippen MR) is 57.0 cm³/mol. The van der Waals surface area contributed by atoms with Crippen LogP contribution in [0.1, 0.15) is 12.0 Å². The normalized spacial score (nSPS) is 9.73. The first kappa shape index (κ1) is 11.4. The first-order chi connectivity index (χ1) is 7.13. The van der Waals surface area contributed by atoms with E-state index in [1.807, 2.05) is 25.1 Å². The van der Waals surface area contributed by atoms with Crippen molar-refractivity contribution in [1.82, 2.24) is 0 Å². The molecule has 0 saturated heterocycles. The van der Waals surface area contributed by atoms with Crippen LogP contribution in [-0.2, 0) is 4.79 Å². The molecule has 0 heterocycles. The lowest BCUT2D eigenvalue weighted by molar-refractivity contribution is -0.118. The lowest BCUT2D eigenvalue weighted by atomic mass is 10.2. The van der Waals surface area contributed by atoms with Gasteiger partial charge in [0.15, 0.2) is 11.5 Å². The Morgan fingerprint density at radius 1 is 1.40 bits per heavy atom. The molecule has 4 heteroatoms. The highest BCUT2D eigenvalue weighted by molar-refractivity contribution is 5.73. The average Bonchev–Trinajstić information content (AvgIpc) is 2.19. The maximum atomic E-state index is 10.5. The molecule has 0 spiro atoms. The third-order valence-electron chi connectivity index (χ3n) is 1.93. The summed E-state index contributed by atoms with van der Waals surface area (Å²) in [7, 11) is 1.58. The molecule has 1 aromatic carbocycles. The summed E-state index contributed by atoms with van der Waals surface area (Å²) in [6.07, 6.45) is 0.205. The molecule has 1 aromatic rings. The zero-order valence-electron chi connectivity index (χ0n) is 8.95. The third-order valence-corrected chi connectivity index (χ3v) is 1.93. The van der Waals surface area contributed by atoms with E-state index in [1.165, 1.54) is 0 Å². The van der Waals surface area contributed by atoms with Crippen LogP contribution in [0, 0.1) is 6.92 Å². The molecule has 0 aromatic heterocycles. The van der Waals surface area contributed by atoms with Gasteiger partial charge in [-0.15, -0.1) is 0 Å². The topological polar surface area (TPSA) is 61.6 Å². The highest BCUT2D eigenvalue weighted by Crippen LogP contribution is 2.27. The third kappa shape index (κ3) is 3.50. The average molecular weight is 209 g/mol. The molecule has 15 heavy (non-hydrogen) atoms. The van der Waals surface area contributed by atoms with E-state index in [0.717, 1.165) is 5.56 Å². The Morgan fingerprint density at radius 3 is 2.73 bits per heavy atom. The number of rotatable bonds is 5. The summed E-state index contributed by atoms with van der Waals surface area (Å²) in [6, 6.07) is 5.61. The van der Waals surface area contributed by atoms with Crippen LogP contribution in [0.25, 0.3) is 0 Å². The number of methoxy groups -OCH3 is 1. The number of aryl methyl sites for hydroxylation is 1. The van der Waals surface area contributed by atoms with Crippen molar-refractivity contribution in [2.75, 3.05) is 13.7 Å². The number of hydrogen-bond acceptors (Lipinski definition) is 3. The lowest BCUT2D eigenvalue weighted by Crippen LogP contribution is -2.14. The summed E-state index contributed by atoms with van der Waals surface area (Å²) in [5.74, 6) is 0.921. The number of benzene rings is 1. The van der Waals surface area contributed by atoms with E-state index in [0.29, 0.717) is 11.5 Å². The van der Waals surface area contributed by atoms with Crippen LogP contribution in [0.4, 0.5) is 0 Å². The second kappa shape index (κ2) is 5.24. The van der Waals surface area contributed by atoms with Crippen molar-refractivity contribution in [3.63, 3.8) is 0 Å². The van der Waals surface area contributed by atoms with Crippen molar-refractivity contribution in [2.45, 2.75) is 13.3 Å². The molecule has 82 valence electrons. The quantitative estimate of drug-likeness (QED) is 0.794. The van der Waals surface area contributed by atoms with Crippen LogP contribution in [0.2, 0.25) is 0 Å². The summed E-state index contributed by atoms with van der Waals surface area (Å²) in [4.78, 5) is 10.5. The van der Waals surface area contributed by atoms with Gasteiger partial charge in [0, 0.05) is 0 Å². The molecule has 1 amide bonds. The van der Waals surface area contributed by atoms with Crippen molar-refractivity contribution in [3.05, 3.63) is 23.8 Å². The molecular formula is C11H15NO3. The van der Waals surface area contributed by atoms with Gasteiger partial charge >= 0.3 is 0 Å². The maximum absolute atomic E-state index is 10.5. The van der Waals surface area contributed by atoms with Gasteiger partial charge in [0.1, 0.15) is 0 Å². The number of primary amides is 1. The van der Waals surface area contributed by atoms with E-state index in [9.17, 15) is 4.79 Å². The molecule has 0 radical (unpaired) electrons. The van der Waals surface area contributed by atoms with Gasteiger partial charge in [0.2, 0.25) is 5.91 Å². The lowest BCUT2D eigenvalue weighted by Gasteiger charge is -2.10. The van der Waals surface area contributed by atoms with Gasteiger partial charge < -0.3 is 15.2 Å². The molecule has 0 saturated carbocycles. The minimum absolute atomic E-state index is 0.205. The largest absolute Gasteiger partial charge is 0.493 e. The number of ether oxygens (including phenoxy) is 2. The molecule has 4 nitrogen and oxygen atoms in total. The number of carbonyl (C=O) groups excluding carboxylic acids is 1. The number of nitrogens with two attached hydrogens (primary N) is 1. The second-order valence-electron chi connectivity index (χ2n) is 3.22. The van der Waals surface area contributed by atoms with Crippen molar-refractivity contribution >= 4 is 5.91 Å². The predicted octanol–water partition coefficient (Wildman–Crippen LogP) is 1.26. The zero-order chi connectivity index (χ0) is 11.3. The Bertz CT molecular complexity index is 350. The first-order valence-electron chi connectivity index (χ1n) is 4.69. The van der Waals surface area contributed by atoms with Crippen LogP contribution in [-0.4, -0.2) is 19.6 Å². The van der Waals surface area contributed by atoms with E-state index < -0.39 is 0 Å². The Balaban J connectivity index is 2.63. The van der Waals surface area contributed by atoms with E-state index in [-0.39, 0.29) is 18.9 Å². The fourth-order valence-electron chi connectivity index (χ4n) is 1.16. The minimum atomic E-state index is -0.374. The highest BCUT2D eigenvalue weighted by Gasteiger charge is 2.04. The summed E-state index contributed by atoms with van der Waals surface area (Å²) in [5.41, 5.74) is 6.09. The van der Waals surface area contributed by atoms with Gasteiger partial charge in [-0.05, 0) is 24.6 Å². The standard InChI is InChI=1S/C11H15NO3/c1-8-3-4-9(10(7-8)14-2)15-6-5-11(12)13/h3-4,7H,5-6H2,1-2H3,(H2,12,13). The SMILES string of the molecule is COc1cc(C)ccc1OCCC(N)=O. The fourth-order valence-corrected chi connectivity index (χ4v) is 1.16. The number of carbonyl (C=O) groups is 1. The molecule has 0 fully saturated rings. The Hall–Kier alpha value is -1.71. The van der Waals surface area contributed by atoms with Gasteiger partial charge in [0.05, 0.1) is 20.1 Å². The molecule has 0 bridgehead atoms. The fraction of sp³-hybridized carbons (Fsp3) is 0.364. The molecule has 0 atom stereocenters. The Kier molecular flexibility index (Phi) is 3.97. The Morgan fingerprint density at radius 2 is 2.13 bits per heavy atom. The van der Waals surface area contributed by atoms with Gasteiger partial charge in [-0.3, -0.25) is 4.79 Å². The molecule has 0 aliphatic carbocycles. The van der Waals surface area contributed by atoms with Crippen LogP contribution in [0.15, 0.2) is 18.2 Å². The van der Waals surface area contributed by atoms with Crippen LogP contribution < -0.4 is 15.2 Å².